The van der Waals surface area contributed by atoms with Crippen LogP contribution in [0.25, 0.3) is 0 Å². The van der Waals surface area contributed by atoms with Crippen LogP contribution in [0.5, 0.6) is 0 Å². The minimum Gasteiger partial charge on any atom is -0.357 e. The first-order valence-electron chi connectivity index (χ1n) is 9.96. The van der Waals surface area contributed by atoms with Gasteiger partial charge in [-0.3, -0.25) is 9.79 Å². The Hall–Kier alpha value is -1.31. The molecule has 0 bridgehead atoms. The zero-order chi connectivity index (χ0) is 18.8. The summed E-state index contributed by atoms with van der Waals surface area (Å²) in [5.41, 5.74) is 2.57. The maximum Gasteiger partial charge on any atom is 0.221 e. The Morgan fingerprint density at radius 1 is 1.19 bits per heavy atom. The normalized spacial score (nSPS) is 15.7. The number of carbonyl (C=O) groups is 1. The van der Waals surface area contributed by atoms with Crippen molar-refractivity contribution in [1.29, 1.82) is 0 Å². The quantitative estimate of drug-likeness (QED) is 0.298. The fourth-order valence-corrected chi connectivity index (χ4v) is 3.23. The highest BCUT2D eigenvalue weighted by atomic mass is 127. The van der Waals surface area contributed by atoms with Crippen molar-refractivity contribution in [2.75, 3.05) is 19.6 Å². The minimum atomic E-state index is 0. The van der Waals surface area contributed by atoms with Crippen LogP contribution in [0.3, 0.4) is 0 Å². The van der Waals surface area contributed by atoms with Gasteiger partial charge in [-0.05, 0) is 32.3 Å². The molecule has 1 fully saturated rings. The van der Waals surface area contributed by atoms with Gasteiger partial charge < -0.3 is 16.0 Å². The van der Waals surface area contributed by atoms with E-state index >= 15 is 0 Å². The molecule has 1 amide bonds. The van der Waals surface area contributed by atoms with Crippen molar-refractivity contribution in [1.82, 2.24) is 16.0 Å². The zero-order valence-electron chi connectivity index (χ0n) is 16.9. The highest BCUT2D eigenvalue weighted by Crippen LogP contribution is 2.17. The molecule has 27 heavy (non-hydrogen) atoms. The van der Waals surface area contributed by atoms with Gasteiger partial charge in [0.25, 0.3) is 0 Å². The molecule has 1 aromatic rings. The Kier molecular flexibility index (Phi) is 11.4. The number of amides is 1. The van der Waals surface area contributed by atoms with Crippen molar-refractivity contribution in [3.8, 4) is 0 Å². The van der Waals surface area contributed by atoms with E-state index in [0.717, 1.165) is 25.3 Å². The summed E-state index contributed by atoms with van der Waals surface area (Å²) in [5, 5.41) is 9.64. The minimum absolute atomic E-state index is 0. The monoisotopic (exact) mass is 486 g/mol. The van der Waals surface area contributed by atoms with Gasteiger partial charge in [0.15, 0.2) is 5.96 Å². The highest BCUT2D eigenvalue weighted by molar-refractivity contribution is 14.0. The fraction of sp³-hybridized carbons (Fsp3) is 0.619. The fourth-order valence-electron chi connectivity index (χ4n) is 3.23. The summed E-state index contributed by atoms with van der Waals surface area (Å²) in [6, 6.07) is 9.01. The Morgan fingerprint density at radius 2 is 1.85 bits per heavy atom. The summed E-state index contributed by atoms with van der Waals surface area (Å²) in [6.45, 7) is 8.46. The molecule has 5 nitrogen and oxygen atoms in total. The van der Waals surface area contributed by atoms with Gasteiger partial charge in [0.1, 0.15) is 0 Å². The predicted molar refractivity (Wildman–Crippen MR) is 124 cm³/mol. The number of carbonyl (C=O) groups excluding carboxylic acids is 1. The smallest absolute Gasteiger partial charge is 0.221 e. The number of hydrogen-bond acceptors (Lipinski definition) is 2. The average Bonchev–Trinajstić information content (AvgIpc) is 3.13. The molecule has 152 valence electrons. The number of rotatable bonds is 8. The SMILES string of the molecule is CCNC(=NCC(C)c1ccc(C)cc1)NCCC(=O)NC1CCCC1.I. The molecule has 6 heteroatoms. The van der Waals surface area contributed by atoms with Gasteiger partial charge in [0.2, 0.25) is 5.91 Å². The van der Waals surface area contributed by atoms with Crippen molar-refractivity contribution < 1.29 is 4.79 Å². The Labute approximate surface area is 181 Å². The molecular formula is C21H35IN4O. The van der Waals surface area contributed by atoms with Gasteiger partial charge >= 0.3 is 0 Å². The number of guanidine groups is 1. The third-order valence-electron chi connectivity index (χ3n) is 4.88. The lowest BCUT2D eigenvalue weighted by molar-refractivity contribution is -0.121. The van der Waals surface area contributed by atoms with Crippen LogP contribution in [0.15, 0.2) is 29.3 Å². The van der Waals surface area contributed by atoms with Crippen molar-refractivity contribution in [2.45, 2.75) is 64.8 Å². The van der Waals surface area contributed by atoms with Gasteiger partial charge in [-0.15, -0.1) is 24.0 Å². The van der Waals surface area contributed by atoms with Crippen LogP contribution in [0.2, 0.25) is 0 Å². The second-order valence-corrected chi connectivity index (χ2v) is 7.26. The van der Waals surface area contributed by atoms with Crippen LogP contribution in [0.4, 0.5) is 0 Å². The molecule has 2 rings (SSSR count). The van der Waals surface area contributed by atoms with E-state index in [1.54, 1.807) is 0 Å². The summed E-state index contributed by atoms with van der Waals surface area (Å²) in [7, 11) is 0. The molecule has 0 radical (unpaired) electrons. The molecular weight excluding hydrogens is 451 g/mol. The summed E-state index contributed by atoms with van der Waals surface area (Å²) < 4.78 is 0. The first-order chi connectivity index (χ1) is 12.6. The lowest BCUT2D eigenvalue weighted by Crippen LogP contribution is -2.40. The number of halogens is 1. The zero-order valence-corrected chi connectivity index (χ0v) is 19.2. The lowest BCUT2D eigenvalue weighted by Gasteiger charge is -2.15. The largest absolute Gasteiger partial charge is 0.357 e. The topological polar surface area (TPSA) is 65.5 Å². The molecule has 1 saturated carbocycles. The molecule has 0 spiro atoms. The van der Waals surface area contributed by atoms with E-state index in [-0.39, 0.29) is 29.9 Å². The second kappa shape index (κ2) is 13.0. The molecule has 1 aliphatic rings. The predicted octanol–water partition coefficient (Wildman–Crippen LogP) is 3.72. The Bertz CT molecular complexity index is 582. The van der Waals surface area contributed by atoms with Crippen LogP contribution in [0.1, 0.15) is 63.0 Å². The number of aryl methyl sites for hydroxylation is 1. The van der Waals surface area contributed by atoms with E-state index in [0.29, 0.717) is 31.5 Å². The van der Waals surface area contributed by atoms with Gasteiger partial charge in [0, 0.05) is 38.0 Å². The number of aliphatic imine (C=N–C) groups is 1. The Morgan fingerprint density at radius 3 is 2.48 bits per heavy atom. The van der Waals surface area contributed by atoms with E-state index in [1.807, 2.05) is 6.92 Å². The molecule has 1 unspecified atom stereocenters. The maximum atomic E-state index is 12.0. The summed E-state index contributed by atoms with van der Waals surface area (Å²) in [4.78, 5) is 16.7. The number of nitrogens with one attached hydrogen (secondary N) is 3. The van der Waals surface area contributed by atoms with Crippen LogP contribution in [-0.2, 0) is 4.79 Å². The van der Waals surface area contributed by atoms with Crippen LogP contribution < -0.4 is 16.0 Å². The maximum absolute atomic E-state index is 12.0. The molecule has 0 aromatic heterocycles. The Balaban J connectivity index is 0.00000364. The molecule has 0 heterocycles. The number of hydrogen-bond donors (Lipinski definition) is 3. The van der Waals surface area contributed by atoms with Crippen molar-refractivity contribution >= 4 is 35.8 Å². The number of nitrogens with zero attached hydrogens (tertiary/aromatic N) is 1. The van der Waals surface area contributed by atoms with Gasteiger partial charge in [0.05, 0.1) is 0 Å². The average molecular weight is 486 g/mol. The van der Waals surface area contributed by atoms with Crippen LogP contribution in [0, 0.1) is 6.92 Å². The van der Waals surface area contributed by atoms with E-state index in [4.69, 9.17) is 0 Å². The molecule has 1 aromatic carbocycles. The molecule has 0 aliphatic heterocycles. The van der Waals surface area contributed by atoms with E-state index in [9.17, 15) is 4.79 Å². The van der Waals surface area contributed by atoms with Crippen molar-refractivity contribution in [3.63, 3.8) is 0 Å². The van der Waals surface area contributed by atoms with E-state index in [2.05, 4.69) is 59.1 Å². The first kappa shape index (κ1) is 23.7. The van der Waals surface area contributed by atoms with Crippen molar-refractivity contribution in [2.24, 2.45) is 4.99 Å². The lowest BCUT2D eigenvalue weighted by atomic mass is 10.0. The standard InChI is InChI=1S/C21H34N4O.HI/c1-4-22-21(23-14-13-20(26)25-19-7-5-6-8-19)24-15-17(3)18-11-9-16(2)10-12-18;/h9-12,17,19H,4-8,13-15H2,1-3H3,(H,25,26)(H2,22,23,24);1H. The summed E-state index contributed by atoms with van der Waals surface area (Å²) in [6.07, 6.45) is 5.20. The third-order valence-corrected chi connectivity index (χ3v) is 4.88. The van der Waals surface area contributed by atoms with Crippen LogP contribution in [-0.4, -0.2) is 37.5 Å². The van der Waals surface area contributed by atoms with E-state index in [1.165, 1.54) is 24.0 Å². The van der Waals surface area contributed by atoms with Gasteiger partial charge in [-0.25, -0.2) is 0 Å². The molecule has 1 aliphatic carbocycles. The molecule has 1 atom stereocenters. The first-order valence-corrected chi connectivity index (χ1v) is 9.96. The van der Waals surface area contributed by atoms with Gasteiger partial charge in [-0.1, -0.05) is 49.6 Å². The summed E-state index contributed by atoms with van der Waals surface area (Å²) in [5.74, 6) is 1.27. The highest BCUT2D eigenvalue weighted by Gasteiger charge is 2.16. The second-order valence-electron chi connectivity index (χ2n) is 7.26. The van der Waals surface area contributed by atoms with E-state index < -0.39 is 0 Å². The molecule has 3 N–H and O–H groups in total. The van der Waals surface area contributed by atoms with Crippen molar-refractivity contribution in [3.05, 3.63) is 35.4 Å². The molecule has 0 saturated heterocycles. The van der Waals surface area contributed by atoms with Crippen LogP contribution >= 0.6 is 24.0 Å². The third kappa shape index (κ3) is 8.95. The summed E-state index contributed by atoms with van der Waals surface area (Å²) >= 11 is 0. The number of benzene rings is 1. The van der Waals surface area contributed by atoms with Gasteiger partial charge in [-0.2, -0.15) is 0 Å².